The second-order valence-electron chi connectivity index (χ2n) is 5.12. The first-order valence-corrected chi connectivity index (χ1v) is 10.3. The molecule has 0 aliphatic rings. The van der Waals surface area contributed by atoms with E-state index in [1.54, 1.807) is 11.0 Å². The Kier molecular flexibility index (Phi) is 7.27. The average Bonchev–Trinajstić information content (AvgIpc) is 2.43. The van der Waals surface area contributed by atoms with Gasteiger partial charge in [-0.1, -0.05) is 0 Å². The van der Waals surface area contributed by atoms with Crippen molar-refractivity contribution in [1.29, 1.82) is 0 Å². The van der Waals surface area contributed by atoms with E-state index in [1.807, 2.05) is 0 Å². The van der Waals surface area contributed by atoms with E-state index in [-0.39, 0.29) is 37.4 Å². The molecule has 0 atom stereocenters. The predicted octanol–water partition coefficient (Wildman–Crippen LogP) is 0.763. The van der Waals surface area contributed by atoms with Crippen LogP contribution in [0.2, 0.25) is 0 Å². The minimum absolute atomic E-state index is 0.109. The molecule has 11 heteroatoms. The van der Waals surface area contributed by atoms with Crippen LogP contribution in [0.1, 0.15) is 12.8 Å². The van der Waals surface area contributed by atoms with Gasteiger partial charge in [-0.15, -0.1) is 0 Å². The number of ether oxygens (including phenoxy) is 1. The Morgan fingerprint density at radius 1 is 1.00 bits per heavy atom. The summed E-state index contributed by atoms with van der Waals surface area (Å²) in [4.78, 5) is 1.65. The van der Waals surface area contributed by atoms with Gasteiger partial charge in [-0.25, -0.2) is 0 Å². The van der Waals surface area contributed by atoms with Gasteiger partial charge in [-0.3, -0.25) is 9.11 Å². The molecule has 0 spiro atoms. The third-order valence-corrected chi connectivity index (χ3v) is 4.80. The van der Waals surface area contributed by atoms with E-state index in [1.165, 1.54) is 19.2 Å². The van der Waals surface area contributed by atoms with Crippen LogP contribution in [0.4, 0.5) is 5.69 Å². The summed E-state index contributed by atoms with van der Waals surface area (Å²) in [6.45, 7) is 0.411. The predicted molar refractivity (Wildman–Crippen MR) is 88.9 cm³/mol. The molecule has 0 heterocycles. The van der Waals surface area contributed by atoms with Gasteiger partial charge in [0, 0.05) is 24.8 Å². The Morgan fingerprint density at radius 2 is 1.50 bits per heavy atom. The number of rotatable bonds is 10. The van der Waals surface area contributed by atoms with Crippen LogP contribution >= 0.6 is 0 Å². The summed E-state index contributed by atoms with van der Waals surface area (Å²) >= 11 is 0. The number of hydrogen-bond donors (Lipinski definition) is 3. The summed E-state index contributed by atoms with van der Waals surface area (Å²) in [6.07, 6.45) is 0.217. The van der Waals surface area contributed by atoms with E-state index >= 15 is 0 Å². The minimum Gasteiger partial charge on any atom is -0.504 e. The van der Waals surface area contributed by atoms with Crippen molar-refractivity contribution in [2.75, 3.05) is 36.6 Å². The number of methoxy groups -OCH3 is 1. The Morgan fingerprint density at radius 3 is 1.88 bits per heavy atom. The van der Waals surface area contributed by atoms with Gasteiger partial charge in [0.15, 0.2) is 11.5 Å². The lowest BCUT2D eigenvalue weighted by molar-refractivity contribution is 0.373. The number of anilines is 1. The fourth-order valence-corrected chi connectivity index (χ4v) is 3.11. The lowest BCUT2D eigenvalue weighted by atomic mass is 10.2. The summed E-state index contributed by atoms with van der Waals surface area (Å²) in [6, 6.07) is 4.54. The average molecular weight is 383 g/mol. The van der Waals surface area contributed by atoms with Gasteiger partial charge in [-0.05, 0) is 25.0 Å². The molecule has 0 fully saturated rings. The molecule has 0 amide bonds. The number of phenols is 1. The molecule has 3 N–H and O–H groups in total. The van der Waals surface area contributed by atoms with Gasteiger partial charge < -0.3 is 14.7 Å². The summed E-state index contributed by atoms with van der Waals surface area (Å²) in [5.41, 5.74) is 0.527. The Hall–Kier alpha value is -1.56. The topological polar surface area (TPSA) is 141 Å². The molecule has 0 aromatic heterocycles. The molecule has 1 aromatic carbocycles. The molecule has 1 aromatic rings. The Balaban J connectivity index is 2.84. The number of benzene rings is 1. The quantitative estimate of drug-likeness (QED) is 0.499. The molecule has 9 nitrogen and oxygen atoms in total. The second kappa shape index (κ2) is 8.51. The maximum atomic E-state index is 10.8. The van der Waals surface area contributed by atoms with Crippen molar-refractivity contribution < 1.29 is 35.8 Å². The maximum Gasteiger partial charge on any atom is 0.264 e. The zero-order valence-corrected chi connectivity index (χ0v) is 14.8. The fraction of sp³-hybridized carbons (Fsp3) is 0.538. The second-order valence-corrected chi connectivity index (χ2v) is 8.27. The Bertz CT molecular complexity index is 707. The van der Waals surface area contributed by atoms with Crippen LogP contribution in [0.15, 0.2) is 18.2 Å². The zero-order chi connectivity index (χ0) is 18.4. The highest BCUT2D eigenvalue weighted by Gasteiger charge is 2.13. The zero-order valence-electron chi connectivity index (χ0n) is 13.1. The molecule has 0 radical (unpaired) electrons. The van der Waals surface area contributed by atoms with Gasteiger partial charge in [0.2, 0.25) is 0 Å². The van der Waals surface area contributed by atoms with Crippen LogP contribution in [0.5, 0.6) is 11.5 Å². The molecule has 1 rings (SSSR count). The van der Waals surface area contributed by atoms with E-state index in [4.69, 9.17) is 13.8 Å². The van der Waals surface area contributed by atoms with Gasteiger partial charge in [0.25, 0.3) is 20.2 Å². The smallest absolute Gasteiger partial charge is 0.264 e. The molecule has 0 saturated carbocycles. The van der Waals surface area contributed by atoms with Crippen molar-refractivity contribution in [3.8, 4) is 11.5 Å². The lowest BCUT2D eigenvalue weighted by Gasteiger charge is -2.25. The van der Waals surface area contributed by atoms with Crippen LogP contribution in [0.3, 0.4) is 0 Å². The van der Waals surface area contributed by atoms with Crippen molar-refractivity contribution in [3.05, 3.63) is 18.2 Å². The van der Waals surface area contributed by atoms with Crippen molar-refractivity contribution in [1.82, 2.24) is 0 Å². The van der Waals surface area contributed by atoms with Crippen LogP contribution in [-0.4, -0.2) is 62.8 Å². The van der Waals surface area contributed by atoms with Crippen LogP contribution < -0.4 is 9.64 Å². The largest absolute Gasteiger partial charge is 0.504 e. The number of phenolic OH excluding ortho intramolecular Hbond substituents is 1. The van der Waals surface area contributed by atoms with Crippen molar-refractivity contribution >= 4 is 25.9 Å². The lowest BCUT2D eigenvalue weighted by Crippen LogP contribution is -2.28. The standard InChI is InChI=1S/C13H21NO8S2/c1-22-13-5-4-11(10-12(13)15)14(6-2-8-23(16,17)18)7-3-9-24(19,20)21/h4-5,10,15H,2-3,6-9H2,1H3,(H,16,17,18)(H,19,20,21). The van der Waals surface area contributed by atoms with Crippen LogP contribution in [-0.2, 0) is 20.2 Å². The monoisotopic (exact) mass is 383 g/mol. The van der Waals surface area contributed by atoms with Crippen molar-refractivity contribution in [2.24, 2.45) is 0 Å². The molecule has 0 bridgehead atoms. The van der Waals surface area contributed by atoms with Crippen molar-refractivity contribution in [3.63, 3.8) is 0 Å². The van der Waals surface area contributed by atoms with E-state index < -0.39 is 31.7 Å². The molecule has 0 saturated heterocycles. The normalized spacial score (nSPS) is 12.1. The summed E-state index contributed by atoms with van der Waals surface area (Å²) in [5, 5.41) is 9.83. The first-order valence-electron chi connectivity index (χ1n) is 7.04. The van der Waals surface area contributed by atoms with Crippen LogP contribution in [0.25, 0.3) is 0 Å². The van der Waals surface area contributed by atoms with Crippen LogP contribution in [0, 0.1) is 0 Å². The minimum atomic E-state index is -4.10. The van der Waals surface area contributed by atoms with Gasteiger partial charge in [0.05, 0.1) is 18.6 Å². The molecule has 0 unspecified atom stereocenters. The molecule has 0 aliphatic heterocycles. The molecular formula is C13H21NO8S2. The molecule has 24 heavy (non-hydrogen) atoms. The highest BCUT2D eigenvalue weighted by atomic mass is 32.2. The highest BCUT2D eigenvalue weighted by molar-refractivity contribution is 7.86. The van der Waals surface area contributed by atoms with Crippen molar-refractivity contribution in [2.45, 2.75) is 12.8 Å². The fourth-order valence-electron chi connectivity index (χ4n) is 2.12. The van der Waals surface area contributed by atoms with Gasteiger partial charge >= 0.3 is 0 Å². The SMILES string of the molecule is COc1ccc(N(CCCS(=O)(=O)O)CCCS(=O)(=O)O)cc1O. The summed E-state index contributed by atoms with van der Waals surface area (Å²) in [7, 11) is -6.80. The van der Waals surface area contributed by atoms with Gasteiger partial charge in [-0.2, -0.15) is 16.8 Å². The van der Waals surface area contributed by atoms with E-state index in [2.05, 4.69) is 0 Å². The molecular weight excluding hydrogens is 362 g/mol. The first kappa shape index (κ1) is 20.5. The number of aromatic hydroxyl groups is 1. The number of nitrogens with zero attached hydrogens (tertiary/aromatic N) is 1. The van der Waals surface area contributed by atoms with E-state index in [9.17, 15) is 21.9 Å². The Labute approximate surface area is 141 Å². The summed E-state index contributed by atoms with van der Waals surface area (Å²) < 4.78 is 65.7. The van der Waals surface area contributed by atoms with Gasteiger partial charge in [0.1, 0.15) is 0 Å². The third kappa shape index (κ3) is 7.81. The molecule has 0 aliphatic carbocycles. The first-order chi connectivity index (χ1) is 11.0. The number of hydrogen-bond acceptors (Lipinski definition) is 7. The highest BCUT2D eigenvalue weighted by Crippen LogP contribution is 2.30. The van der Waals surface area contributed by atoms with E-state index in [0.29, 0.717) is 5.69 Å². The third-order valence-electron chi connectivity index (χ3n) is 3.19. The maximum absolute atomic E-state index is 10.8. The van der Waals surface area contributed by atoms with E-state index in [0.717, 1.165) is 0 Å². The molecule has 138 valence electrons. The summed E-state index contributed by atoms with van der Waals surface area (Å²) in [5.74, 6) is -0.743.